The van der Waals surface area contributed by atoms with Crippen LogP contribution in [0.4, 0.5) is 0 Å². The average Bonchev–Trinajstić information content (AvgIpc) is 3.20. The lowest BCUT2D eigenvalue weighted by molar-refractivity contribution is 0.102. The van der Waals surface area contributed by atoms with E-state index in [2.05, 4.69) is 6.92 Å². The Hall–Kier alpha value is -0.0231. The second-order valence-corrected chi connectivity index (χ2v) is 6.52. The Balaban J connectivity index is 0.000000308. The number of ether oxygens (including phenoxy) is 3. The standard InChI is InChI=1S/C6H10O3.C5H14O2Si.H2O/c1(5-3-8-5)7-2-6-4-9-6;1-4-5-8(6-2)7-3;/h5-6H,1-4H2;8H,4-5H2,1-3H3;1H2. The van der Waals surface area contributed by atoms with Gasteiger partial charge in [-0.05, 0) is 6.04 Å². The molecule has 0 amide bonds. The van der Waals surface area contributed by atoms with Crippen molar-refractivity contribution in [2.75, 3.05) is 40.6 Å². The summed E-state index contributed by atoms with van der Waals surface area (Å²) in [6.07, 6.45) is 1.95. The van der Waals surface area contributed by atoms with Crippen molar-refractivity contribution < 1.29 is 28.5 Å². The van der Waals surface area contributed by atoms with Crippen molar-refractivity contribution in [3.8, 4) is 0 Å². The first-order chi connectivity index (χ1) is 8.30. The van der Waals surface area contributed by atoms with E-state index < -0.39 is 9.28 Å². The van der Waals surface area contributed by atoms with Gasteiger partial charge in [-0.3, -0.25) is 0 Å². The Morgan fingerprint density at radius 1 is 1.06 bits per heavy atom. The van der Waals surface area contributed by atoms with Gasteiger partial charge in [-0.2, -0.15) is 0 Å². The van der Waals surface area contributed by atoms with E-state index in [0.29, 0.717) is 12.2 Å². The van der Waals surface area contributed by atoms with Crippen molar-refractivity contribution in [3.05, 3.63) is 0 Å². The molecule has 2 aliphatic rings. The lowest BCUT2D eigenvalue weighted by atomic mass is 10.5. The second kappa shape index (κ2) is 10.9. The lowest BCUT2D eigenvalue weighted by Gasteiger charge is -2.07. The van der Waals surface area contributed by atoms with Crippen LogP contribution in [0.5, 0.6) is 0 Å². The van der Waals surface area contributed by atoms with Crippen LogP contribution in [0.3, 0.4) is 0 Å². The summed E-state index contributed by atoms with van der Waals surface area (Å²) < 4.78 is 25.2. The van der Waals surface area contributed by atoms with Gasteiger partial charge < -0.3 is 28.5 Å². The second-order valence-electron chi connectivity index (χ2n) is 4.14. The molecule has 0 radical (unpaired) electrons. The maximum absolute atomic E-state index is 5.23. The van der Waals surface area contributed by atoms with Gasteiger partial charge in [0.2, 0.25) is 0 Å². The third-order valence-corrected chi connectivity index (χ3v) is 4.56. The van der Waals surface area contributed by atoms with Gasteiger partial charge in [-0.25, -0.2) is 0 Å². The molecule has 0 saturated carbocycles. The Morgan fingerprint density at radius 2 is 1.50 bits per heavy atom. The summed E-state index contributed by atoms with van der Waals surface area (Å²) in [5.41, 5.74) is 0. The number of hydrogen-bond donors (Lipinski definition) is 0. The summed E-state index contributed by atoms with van der Waals surface area (Å²) in [5.74, 6) is 0. The lowest BCUT2D eigenvalue weighted by Crippen LogP contribution is -2.17. The predicted molar refractivity (Wildman–Crippen MR) is 70.2 cm³/mol. The van der Waals surface area contributed by atoms with Crippen LogP contribution in [-0.4, -0.2) is 67.6 Å². The summed E-state index contributed by atoms with van der Waals surface area (Å²) >= 11 is 0. The zero-order valence-electron chi connectivity index (χ0n) is 11.5. The molecular formula is C11H26O6Si. The molecule has 0 aromatic rings. The first-order valence-electron chi connectivity index (χ1n) is 6.16. The Labute approximate surface area is 111 Å². The van der Waals surface area contributed by atoms with Crippen LogP contribution in [0, 0.1) is 0 Å². The largest absolute Gasteiger partial charge is 0.412 e. The summed E-state index contributed by atoms with van der Waals surface area (Å²) in [6, 6.07) is 1.12. The van der Waals surface area contributed by atoms with Gasteiger partial charge in [0.25, 0.3) is 0 Å². The molecule has 0 aliphatic carbocycles. The van der Waals surface area contributed by atoms with Crippen molar-refractivity contribution >= 4 is 9.28 Å². The molecule has 2 aliphatic heterocycles. The number of hydrogen-bond acceptors (Lipinski definition) is 5. The van der Waals surface area contributed by atoms with Crippen LogP contribution in [0.15, 0.2) is 0 Å². The van der Waals surface area contributed by atoms with Gasteiger partial charge in [0.1, 0.15) is 12.2 Å². The molecule has 7 heteroatoms. The van der Waals surface area contributed by atoms with E-state index in [0.717, 1.165) is 32.5 Å². The molecular weight excluding hydrogens is 256 g/mol. The Kier molecular flexibility index (Phi) is 10.8. The van der Waals surface area contributed by atoms with Crippen molar-refractivity contribution in [3.63, 3.8) is 0 Å². The molecule has 18 heavy (non-hydrogen) atoms. The molecule has 6 nitrogen and oxygen atoms in total. The van der Waals surface area contributed by atoms with Crippen LogP contribution in [0.2, 0.25) is 6.04 Å². The summed E-state index contributed by atoms with van der Waals surface area (Å²) in [6.45, 7) is 5.40. The molecule has 2 rings (SSSR count). The van der Waals surface area contributed by atoms with Crippen LogP contribution in [0.1, 0.15) is 13.3 Å². The highest BCUT2D eigenvalue weighted by Crippen LogP contribution is 2.12. The van der Waals surface area contributed by atoms with Gasteiger partial charge in [0, 0.05) is 14.2 Å². The molecule has 2 saturated heterocycles. The maximum Gasteiger partial charge on any atom is 0.320 e. The highest BCUT2D eigenvalue weighted by molar-refractivity contribution is 6.44. The van der Waals surface area contributed by atoms with Crippen LogP contribution >= 0.6 is 0 Å². The Bertz CT molecular complexity index is 170. The molecule has 0 aromatic heterocycles. The summed E-state index contributed by atoms with van der Waals surface area (Å²) in [4.78, 5) is 0. The SMILES string of the molecule is C(OCC1CO1)C1CO1.CCC[SiH](OC)OC.O. The van der Waals surface area contributed by atoms with E-state index in [1.807, 2.05) is 0 Å². The predicted octanol–water partition coefficient (Wildman–Crippen LogP) is -0.114. The summed E-state index contributed by atoms with van der Waals surface area (Å²) in [7, 11) is 2.24. The number of rotatable bonds is 8. The highest BCUT2D eigenvalue weighted by atomic mass is 28.3. The minimum atomic E-state index is -1.19. The zero-order chi connectivity index (χ0) is 12.5. The van der Waals surface area contributed by atoms with Crippen molar-refractivity contribution in [2.45, 2.75) is 31.6 Å². The minimum Gasteiger partial charge on any atom is -0.412 e. The minimum absolute atomic E-state index is 0. The Morgan fingerprint density at radius 3 is 1.72 bits per heavy atom. The molecule has 110 valence electrons. The van der Waals surface area contributed by atoms with Gasteiger partial charge in [-0.15, -0.1) is 0 Å². The van der Waals surface area contributed by atoms with E-state index in [-0.39, 0.29) is 5.48 Å². The van der Waals surface area contributed by atoms with Crippen molar-refractivity contribution in [1.29, 1.82) is 0 Å². The third kappa shape index (κ3) is 9.95. The van der Waals surface area contributed by atoms with Crippen LogP contribution in [-0.2, 0) is 23.1 Å². The fraction of sp³-hybridized carbons (Fsp3) is 1.00. The van der Waals surface area contributed by atoms with Gasteiger partial charge >= 0.3 is 9.28 Å². The van der Waals surface area contributed by atoms with E-state index >= 15 is 0 Å². The molecule has 2 unspecified atom stereocenters. The molecule has 0 bridgehead atoms. The molecule has 0 spiro atoms. The molecule has 2 fully saturated rings. The quantitative estimate of drug-likeness (QED) is 0.458. The van der Waals surface area contributed by atoms with Crippen LogP contribution in [0.25, 0.3) is 0 Å². The molecule has 0 aromatic carbocycles. The van der Waals surface area contributed by atoms with Crippen LogP contribution < -0.4 is 0 Å². The van der Waals surface area contributed by atoms with Gasteiger partial charge in [0.15, 0.2) is 0 Å². The van der Waals surface area contributed by atoms with Crippen molar-refractivity contribution in [2.24, 2.45) is 0 Å². The zero-order valence-corrected chi connectivity index (χ0v) is 12.7. The first kappa shape index (κ1) is 18.0. The first-order valence-corrected chi connectivity index (χ1v) is 7.92. The van der Waals surface area contributed by atoms with Gasteiger partial charge in [0.05, 0.1) is 26.4 Å². The topological polar surface area (TPSA) is 84.2 Å². The smallest absolute Gasteiger partial charge is 0.320 e. The summed E-state index contributed by atoms with van der Waals surface area (Å²) in [5, 5.41) is 0. The number of epoxide rings is 2. The average molecular weight is 282 g/mol. The normalized spacial score (nSPS) is 24.0. The fourth-order valence-electron chi connectivity index (χ4n) is 1.23. The highest BCUT2D eigenvalue weighted by Gasteiger charge is 2.26. The van der Waals surface area contributed by atoms with E-state index in [1.165, 1.54) is 6.42 Å². The molecule has 2 atom stereocenters. The van der Waals surface area contributed by atoms with Gasteiger partial charge in [-0.1, -0.05) is 13.3 Å². The molecule has 2 heterocycles. The van der Waals surface area contributed by atoms with E-state index in [9.17, 15) is 0 Å². The van der Waals surface area contributed by atoms with Crippen molar-refractivity contribution in [1.82, 2.24) is 0 Å². The fourth-order valence-corrected chi connectivity index (χ4v) is 2.36. The molecule has 2 N–H and O–H groups in total. The third-order valence-electron chi connectivity index (χ3n) is 2.46. The monoisotopic (exact) mass is 282 g/mol. The van der Waals surface area contributed by atoms with E-state index in [1.54, 1.807) is 14.2 Å². The van der Waals surface area contributed by atoms with E-state index in [4.69, 9.17) is 23.1 Å². The maximum atomic E-state index is 5.23.